The van der Waals surface area contributed by atoms with Crippen LogP contribution in [-0.2, 0) is 6.42 Å². The molecule has 2 atom stereocenters. The number of hydrogen-bond acceptors (Lipinski definition) is 3. The first-order chi connectivity index (χ1) is 9.38. The lowest BCUT2D eigenvalue weighted by Gasteiger charge is -2.23. The Labute approximate surface area is 113 Å². The normalized spacial score (nSPS) is 18.9. The van der Waals surface area contributed by atoms with Crippen LogP contribution in [0.15, 0.2) is 47.3 Å². The number of hydrogen-bond donors (Lipinski definition) is 1. The Morgan fingerprint density at radius 3 is 3.00 bits per heavy atom. The number of nitrogens with one attached hydrogen (secondary N) is 1. The molecule has 1 aliphatic rings. The summed E-state index contributed by atoms with van der Waals surface area (Å²) in [6, 6.07) is 10.8. The van der Waals surface area contributed by atoms with Gasteiger partial charge in [-0.15, -0.1) is 0 Å². The van der Waals surface area contributed by atoms with Gasteiger partial charge in [0, 0.05) is 17.5 Å². The van der Waals surface area contributed by atoms with E-state index < -0.39 is 0 Å². The van der Waals surface area contributed by atoms with Gasteiger partial charge in [-0.1, -0.05) is 25.1 Å². The van der Waals surface area contributed by atoms with Gasteiger partial charge in [0.2, 0.25) is 0 Å². The zero-order valence-electron chi connectivity index (χ0n) is 11.1. The minimum Gasteiger partial charge on any atom is -0.493 e. The molecule has 2 aromatic rings. The van der Waals surface area contributed by atoms with E-state index in [1.807, 2.05) is 18.4 Å². The van der Waals surface area contributed by atoms with Crippen LogP contribution >= 0.6 is 0 Å². The smallest absolute Gasteiger partial charge is 0.122 e. The largest absolute Gasteiger partial charge is 0.493 e. The van der Waals surface area contributed by atoms with Gasteiger partial charge >= 0.3 is 0 Å². The van der Waals surface area contributed by atoms with E-state index in [1.165, 1.54) is 11.1 Å². The van der Waals surface area contributed by atoms with Crippen LogP contribution in [0.3, 0.4) is 0 Å². The molecular formula is C16H19NO2. The summed E-state index contributed by atoms with van der Waals surface area (Å²) < 4.78 is 11.0. The third-order valence-corrected chi connectivity index (χ3v) is 3.72. The van der Waals surface area contributed by atoms with E-state index in [0.717, 1.165) is 25.3 Å². The highest BCUT2D eigenvalue weighted by atomic mass is 16.5. The Bertz CT molecular complexity index is 521. The Balaban J connectivity index is 1.81. The number of ether oxygens (including phenoxy) is 1. The van der Waals surface area contributed by atoms with Crippen molar-refractivity contribution in [3.63, 3.8) is 0 Å². The number of para-hydroxylation sites is 1. The number of rotatable bonds is 5. The molecule has 1 aromatic carbocycles. The molecule has 1 aliphatic heterocycles. The van der Waals surface area contributed by atoms with Crippen LogP contribution in [0.4, 0.5) is 0 Å². The van der Waals surface area contributed by atoms with Gasteiger partial charge in [0.05, 0.1) is 19.1 Å². The van der Waals surface area contributed by atoms with Gasteiger partial charge < -0.3 is 14.5 Å². The second-order valence-electron chi connectivity index (χ2n) is 4.96. The van der Waals surface area contributed by atoms with Crippen LogP contribution in [0.1, 0.15) is 24.0 Å². The summed E-state index contributed by atoms with van der Waals surface area (Å²) in [4.78, 5) is 0. The van der Waals surface area contributed by atoms with Crippen LogP contribution in [0.25, 0.3) is 0 Å². The molecule has 0 saturated carbocycles. The monoisotopic (exact) mass is 257 g/mol. The molecule has 0 spiro atoms. The lowest BCUT2D eigenvalue weighted by atomic mass is 9.89. The van der Waals surface area contributed by atoms with Crippen molar-refractivity contribution in [1.82, 2.24) is 5.32 Å². The van der Waals surface area contributed by atoms with Crippen molar-refractivity contribution < 1.29 is 9.15 Å². The topological polar surface area (TPSA) is 34.4 Å². The molecule has 2 heterocycles. The molecule has 0 amide bonds. The molecule has 19 heavy (non-hydrogen) atoms. The summed E-state index contributed by atoms with van der Waals surface area (Å²) >= 11 is 0. The second-order valence-corrected chi connectivity index (χ2v) is 4.96. The van der Waals surface area contributed by atoms with Gasteiger partial charge in [-0.3, -0.25) is 0 Å². The van der Waals surface area contributed by atoms with Crippen molar-refractivity contribution >= 4 is 0 Å². The lowest BCUT2D eigenvalue weighted by molar-refractivity contribution is 0.298. The van der Waals surface area contributed by atoms with Gasteiger partial charge in [-0.25, -0.2) is 0 Å². The van der Waals surface area contributed by atoms with E-state index in [0.29, 0.717) is 12.0 Å². The molecule has 0 aliphatic carbocycles. The standard InChI is InChI=1S/C16H19NO2/c1-2-17-15(9-12-7-8-18-10-12)14-11-19-16-6-4-3-5-13(14)16/h3-8,10,14-15,17H,2,9,11H2,1H3. The van der Waals surface area contributed by atoms with Crippen LogP contribution in [0, 0.1) is 0 Å². The predicted molar refractivity (Wildman–Crippen MR) is 74.6 cm³/mol. The molecule has 2 unspecified atom stereocenters. The minimum absolute atomic E-state index is 0.381. The molecule has 3 heteroatoms. The molecule has 1 aromatic heterocycles. The summed E-state index contributed by atoms with van der Waals surface area (Å²) in [7, 11) is 0. The number of furan rings is 1. The molecule has 3 nitrogen and oxygen atoms in total. The average molecular weight is 257 g/mol. The summed E-state index contributed by atoms with van der Waals surface area (Å²) in [6.07, 6.45) is 4.52. The number of likely N-dealkylation sites (N-methyl/N-ethyl adjacent to an activating group) is 1. The summed E-state index contributed by atoms with van der Waals surface area (Å²) in [5.41, 5.74) is 2.55. The summed E-state index contributed by atoms with van der Waals surface area (Å²) in [5, 5.41) is 3.58. The quantitative estimate of drug-likeness (QED) is 0.894. The summed E-state index contributed by atoms with van der Waals surface area (Å²) in [5.74, 6) is 1.44. The Morgan fingerprint density at radius 1 is 1.32 bits per heavy atom. The van der Waals surface area contributed by atoms with Gasteiger partial charge in [0.15, 0.2) is 0 Å². The van der Waals surface area contributed by atoms with Crippen molar-refractivity contribution in [3.05, 3.63) is 54.0 Å². The molecule has 0 bridgehead atoms. The SMILES string of the molecule is CCNC(Cc1ccoc1)C1COc2ccccc21. The average Bonchev–Trinajstić information content (AvgIpc) is 3.07. The van der Waals surface area contributed by atoms with Crippen molar-refractivity contribution in [2.75, 3.05) is 13.2 Å². The second kappa shape index (κ2) is 5.49. The Hall–Kier alpha value is -1.74. The number of fused-ring (bicyclic) bond motifs is 1. The van der Waals surface area contributed by atoms with Crippen molar-refractivity contribution in [2.45, 2.75) is 25.3 Å². The molecule has 0 saturated heterocycles. The van der Waals surface area contributed by atoms with Crippen LogP contribution in [0.2, 0.25) is 0 Å². The first-order valence-corrected chi connectivity index (χ1v) is 6.84. The van der Waals surface area contributed by atoms with E-state index in [9.17, 15) is 0 Å². The fraction of sp³-hybridized carbons (Fsp3) is 0.375. The first kappa shape index (κ1) is 12.3. The van der Waals surface area contributed by atoms with Crippen molar-refractivity contribution in [2.24, 2.45) is 0 Å². The van der Waals surface area contributed by atoms with Crippen LogP contribution in [-0.4, -0.2) is 19.2 Å². The van der Waals surface area contributed by atoms with Gasteiger partial charge in [0.25, 0.3) is 0 Å². The molecule has 1 N–H and O–H groups in total. The number of benzene rings is 1. The maximum atomic E-state index is 5.79. The van der Waals surface area contributed by atoms with E-state index in [2.05, 4.69) is 30.4 Å². The fourth-order valence-corrected chi connectivity index (χ4v) is 2.80. The lowest BCUT2D eigenvalue weighted by Crippen LogP contribution is -2.37. The van der Waals surface area contributed by atoms with Crippen LogP contribution in [0.5, 0.6) is 5.75 Å². The van der Waals surface area contributed by atoms with Gasteiger partial charge in [0.1, 0.15) is 5.75 Å². The zero-order valence-corrected chi connectivity index (χ0v) is 11.1. The van der Waals surface area contributed by atoms with Gasteiger partial charge in [-0.05, 0) is 30.7 Å². The van der Waals surface area contributed by atoms with Gasteiger partial charge in [-0.2, -0.15) is 0 Å². The summed E-state index contributed by atoms with van der Waals surface area (Å²) in [6.45, 7) is 3.86. The van der Waals surface area contributed by atoms with E-state index in [-0.39, 0.29) is 0 Å². The first-order valence-electron chi connectivity index (χ1n) is 6.84. The molecule has 0 fully saturated rings. The third kappa shape index (κ3) is 2.51. The van der Waals surface area contributed by atoms with Crippen molar-refractivity contribution in [3.8, 4) is 5.75 Å². The minimum atomic E-state index is 0.381. The highest BCUT2D eigenvalue weighted by Gasteiger charge is 2.30. The van der Waals surface area contributed by atoms with E-state index >= 15 is 0 Å². The highest BCUT2D eigenvalue weighted by molar-refractivity contribution is 5.40. The maximum Gasteiger partial charge on any atom is 0.122 e. The molecular weight excluding hydrogens is 238 g/mol. The Morgan fingerprint density at radius 2 is 2.21 bits per heavy atom. The van der Waals surface area contributed by atoms with E-state index in [1.54, 1.807) is 6.26 Å². The van der Waals surface area contributed by atoms with Crippen LogP contribution < -0.4 is 10.1 Å². The molecule has 3 rings (SSSR count). The highest BCUT2D eigenvalue weighted by Crippen LogP contribution is 2.36. The molecule has 100 valence electrons. The molecule has 0 radical (unpaired) electrons. The predicted octanol–water partition coefficient (Wildman–Crippen LogP) is 2.98. The third-order valence-electron chi connectivity index (χ3n) is 3.72. The van der Waals surface area contributed by atoms with Crippen molar-refractivity contribution in [1.29, 1.82) is 0 Å². The van der Waals surface area contributed by atoms with E-state index in [4.69, 9.17) is 9.15 Å². The fourth-order valence-electron chi connectivity index (χ4n) is 2.80. The Kier molecular flexibility index (Phi) is 3.56. The maximum absolute atomic E-state index is 5.79. The zero-order chi connectivity index (χ0) is 13.1.